The molecule has 0 atom stereocenters. The fraction of sp³-hybridized carbons (Fsp3) is 0.286. The zero-order chi connectivity index (χ0) is 14.7. The van der Waals surface area contributed by atoms with E-state index in [9.17, 15) is 9.18 Å². The van der Waals surface area contributed by atoms with Crippen molar-refractivity contribution in [2.75, 3.05) is 0 Å². The molecule has 0 saturated carbocycles. The van der Waals surface area contributed by atoms with Gasteiger partial charge in [-0.05, 0) is 32.0 Å². The van der Waals surface area contributed by atoms with Crippen molar-refractivity contribution in [2.24, 2.45) is 0 Å². The Hall–Kier alpha value is -2.37. The Morgan fingerprint density at radius 3 is 2.80 bits per heavy atom. The Morgan fingerprint density at radius 2 is 2.20 bits per heavy atom. The van der Waals surface area contributed by atoms with E-state index >= 15 is 0 Å². The molecule has 0 aliphatic heterocycles. The minimum absolute atomic E-state index is 0.146. The van der Waals surface area contributed by atoms with Gasteiger partial charge in [0.25, 0.3) is 0 Å². The molecule has 2 rings (SSSR count). The van der Waals surface area contributed by atoms with E-state index < -0.39 is 11.8 Å². The summed E-state index contributed by atoms with van der Waals surface area (Å²) < 4.78 is 20.4. The van der Waals surface area contributed by atoms with Crippen LogP contribution >= 0.6 is 0 Å². The first-order valence-corrected chi connectivity index (χ1v) is 6.16. The van der Waals surface area contributed by atoms with Crippen LogP contribution in [0.2, 0.25) is 0 Å². The predicted molar refractivity (Wildman–Crippen MR) is 70.3 cm³/mol. The number of carboxylic acid groups (broad SMARTS) is 1. The van der Waals surface area contributed by atoms with Crippen molar-refractivity contribution in [3.8, 4) is 5.75 Å². The number of hydrogen-bond donors (Lipinski definition) is 1. The minimum atomic E-state index is -1.20. The second-order valence-corrected chi connectivity index (χ2v) is 4.65. The molecule has 1 heterocycles. The summed E-state index contributed by atoms with van der Waals surface area (Å²) in [6.45, 7) is 4.16. The number of halogens is 1. The molecule has 0 radical (unpaired) electrons. The molecule has 2 aromatic rings. The third kappa shape index (κ3) is 3.34. The Morgan fingerprint density at radius 1 is 1.45 bits per heavy atom. The van der Waals surface area contributed by atoms with Crippen LogP contribution in [0.3, 0.4) is 0 Å². The van der Waals surface area contributed by atoms with Crippen molar-refractivity contribution in [1.29, 1.82) is 0 Å². The molecular weight excluding hydrogens is 263 g/mol. The third-order valence-electron chi connectivity index (χ3n) is 2.70. The summed E-state index contributed by atoms with van der Waals surface area (Å²) in [6, 6.07) is 5.42. The maximum absolute atomic E-state index is 13.3. The molecule has 6 heteroatoms. The van der Waals surface area contributed by atoms with Crippen molar-refractivity contribution < 1.29 is 19.0 Å². The van der Waals surface area contributed by atoms with Gasteiger partial charge in [0.05, 0.1) is 11.3 Å². The van der Waals surface area contributed by atoms with Crippen LogP contribution in [0.1, 0.15) is 35.9 Å². The monoisotopic (exact) mass is 278 g/mol. The first-order valence-electron chi connectivity index (χ1n) is 6.16. The lowest BCUT2D eigenvalue weighted by Crippen LogP contribution is -2.04. The third-order valence-corrected chi connectivity index (χ3v) is 2.70. The summed E-state index contributed by atoms with van der Waals surface area (Å²) in [5.74, 6) is -1.67. The summed E-state index contributed by atoms with van der Waals surface area (Å²) in [5, 5.41) is 13.1. The van der Waals surface area contributed by atoms with Crippen LogP contribution in [0.5, 0.6) is 5.75 Å². The zero-order valence-corrected chi connectivity index (χ0v) is 11.2. The number of carboxylic acids is 1. The Balaban J connectivity index is 2.08. The molecule has 106 valence electrons. The van der Waals surface area contributed by atoms with Gasteiger partial charge in [0.2, 0.25) is 0 Å². The lowest BCUT2D eigenvalue weighted by atomic mass is 10.2. The summed E-state index contributed by atoms with van der Waals surface area (Å²) in [4.78, 5) is 10.8. The van der Waals surface area contributed by atoms with Crippen LogP contribution in [0.15, 0.2) is 30.5 Å². The molecule has 1 aromatic heterocycles. The number of benzene rings is 1. The number of aromatic carboxylic acids is 1. The van der Waals surface area contributed by atoms with Crippen molar-refractivity contribution in [2.45, 2.75) is 26.5 Å². The molecular formula is C14H15FN2O3. The first kappa shape index (κ1) is 14.0. The van der Waals surface area contributed by atoms with E-state index in [-0.39, 0.29) is 24.0 Å². The van der Waals surface area contributed by atoms with Gasteiger partial charge in [0.1, 0.15) is 18.2 Å². The van der Waals surface area contributed by atoms with Crippen LogP contribution in [-0.4, -0.2) is 20.9 Å². The highest BCUT2D eigenvalue weighted by Crippen LogP contribution is 2.18. The lowest BCUT2D eigenvalue weighted by Gasteiger charge is -2.06. The molecule has 0 aliphatic carbocycles. The van der Waals surface area contributed by atoms with Crippen molar-refractivity contribution in [1.82, 2.24) is 9.78 Å². The highest BCUT2D eigenvalue weighted by atomic mass is 19.1. The molecule has 0 fully saturated rings. The normalized spacial score (nSPS) is 10.8. The molecule has 0 unspecified atom stereocenters. The smallest absolute Gasteiger partial charge is 0.335 e. The van der Waals surface area contributed by atoms with Gasteiger partial charge in [-0.25, -0.2) is 9.18 Å². The number of carbonyl (C=O) groups is 1. The van der Waals surface area contributed by atoms with E-state index in [0.717, 1.165) is 12.1 Å². The topological polar surface area (TPSA) is 64.3 Å². The molecule has 5 nitrogen and oxygen atoms in total. The highest BCUT2D eigenvalue weighted by molar-refractivity contribution is 5.88. The van der Waals surface area contributed by atoms with Gasteiger partial charge in [0.15, 0.2) is 0 Å². The first-order chi connectivity index (χ1) is 9.45. The molecule has 1 aromatic carbocycles. The van der Waals surface area contributed by atoms with E-state index in [0.29, 0.717) is 5.69 Å². The number of ether oxygens (including phenoxy) is 1. The Bertz CT molecular complexity index is 623. The second kappa shape index (κ2) is 5.73. The SMILES string of the molecule is CC(C)n1ccc(COc2cc(F)cc(C(=O)O)c2)n1. The minimum Gasteiger partial charge on any atom is -0.487 e. The standard InChI is InChI=1S/C14H15FN2O3/c1-9(2)17-4-3-12(16-17)8-20-13-6-10(14(18)19)5-11(15)7-13/h3-7,9H,8H2,1-2H3,(H,18,19). The van der Waals surface area contributed by atoms with Crippen molar-refractivity contribution >= 4 is 5.97 Å². The maximum Gasteiger partial charge on any atom is 0.335 e. The van der Waals surface area contributed by atoms with E-state index in [2.05, 4.69) is 5.10 Å². The summed E-state index contributed by atoms with van der Waals surface area (Å²) in [5.41, 5.74) is 0.549. The van der Waals surface area contributed by atoms with Crippen LogP contribution in [0.4, 0.5) is 4.39 Å². The van der Waals surface area contributed by atoms with Gasteiger partial charge in [-0.1, -0.05) is 0 Å². The van der Waals surface area contributed by atoms with Gasteiger partial charge in [-0.15, -0.1) is 0 Å². The largest absolute Gasteiger partial charge is 0.487 e. The van der Waals surface area contributed by atoms with Gasteiger partial charge in [-0.3, -0.25) is 4.68 Å². The van der Waals surface area contributed by atoms with Crippen LogP contribution in [0.25, 0.3) is 0 Å². The molecule has 20 heavy (non-hydrogen) atoms. The fourth-order valence-electron chi connectivity index (χ4n) is 1.67. The number of hydrogen-bond acceptors (Lipinski definition) is 3. The predicted octanol–water partition coefficient (Wildman–Crippen LogP) is 2.88. The Labute approximate surface area is 115 Å². The molecule has 0 aliphatic rings. The number of aromatic nitrogens is 2. The second-order valence-electron chi connectivity index (χ2n) is 4.65. The Kier molecular flexibility index (Phi) is 4.02. The van der Waals surface area contributed by atoms with E-state index in [4.69, 9.17) is 9.84 Å². The van der Waals surface area contributed by atoms with Crippen LogP contribution in [0, 0.1) is 5.82 Å². The number of rotatable bonds is 5. The van der Waals surface area contributed by atoms with Gasteiger partial charge in [-0.2, -0.15) is 5.10 Å². The molecule has 0 bridgehead atoms. The van der Waals surface area contributed by atoms with Crippen molar-refractivity contribution in [3.63, 3.8) is 0 Å². The molecule has 1 N–H and O–H groups in total. The maximum atomic E-state index is 13.3. The molecule has 0 amide bonds. The zero-order valence-electron chi connectivity index (χ0n) is 11.2. The van der Waals surface area contributed by atoms with E-state index in [1.807, 2.05) is 20.0 Å². The van der Waals surface area contributed by atoms with Gasteiger partial charge < -0.3 is 9.84 Å². The summed E-state index contributed by atoms with van der Waals surface area (Å²) in [6.07, 6.45) is 1.83. The van der Waals surface area contributed by atoms with Crippen LogP contribution in [-0.2, 0) is 6.61 Å². The fourth-order valence-corrected chi connectivity index (χ4v) is 1.67. The van der Waals surface area contributed by atoms with Crippen molar-refractivity contribution in [3.05, 3.63) is 47.5 Å². The summed E-state index contributed by atoms with van der Waals surface area (Å²) in [7, 11) is 0. The lowest BCUT2D eigenvalue weighted by molar-refractivity contribution is 0.0695. The highest BCUT2D eigenvalue weighted by Gasteiger charge is 2.09. The van der Waals surface area contributed by atoms with Crippen LogP contribution < -0.4 is 4.74 Å². The molecule has 0 spiro atoms. The van der Waals surface area contributed by atoms with E-state index in [1.165, 1.54) is 6.07 Å². The quantitative estimate of drug-likeness (QED) is 0.913. The average Bonchev–Trinajstić information content (AvgIpc) is 2.84. The van der Waals surface area contributed by atoms with Gasteiger partial charge in [0, 0.05) is 18.3 Å². The van der Waals surface area contributed by atoms with Gasteiger partial charge >= 0.3 is 5.97 Å². The average molecular weight is 278 g/mol. The molecule has 0 saturated heterocycles. The summed E-state index contributed by atoms with van der Waals surface area (Å²) >= 11 is 0. The number of nitrogens with zero attached hydrogens (tertiary/aromatic N) is 2. The van der Waals surface area contributed by atoms with E-state index in [1.54, 1.807) is 10.7 Å².